The topological polar surface area (TPSA) is 16.1 Å². The summed E-state index contributed by atoms with van der Waals surface area (Å²) in [4.78, 5) is 6.82. The average molecular weight is 353 g/mol. The van der Waals surface area contributed by atoms with Crippen LogP contribution in [-0.4, -0.2) is 4.98 Å². The third-order valence-corrected chi connectivity index (χ3v) is 4.11. The zero-order valence-corrected chi connectivity index (χ0v) is 14.2. The number of rotatable bonds is 3. The summed E-state index contributed by atoms with van der Waals surface area (Å²) in [6.07, 6.45) is 1.84. The number of benzene rings is 2. The van der Waals surface area contributed by atoms with Crippen molar-refractivity contribution in [3.05, 3.63) is 82.5 Å². The van der Waals surface area contributed by atoms with E-state index < -0.39 is 0 Å². The van der Waals surface area contributed by atoms with Crippen LogP contribution < -0.4 is 4.90 Å². The fourth-order valence-electron chi connectivity index (χ4n) is 2.52. The van der Waals surface area contributed by atoms with Gasteiger partial charge in [-0.15, -0.1) is 0 Å². The molecule has 0 spiro atoms. The molecule has 1 aromatic heterocycles. The Kier molecular flexibility index (Phi) is 4.25. The van der Waals surface area contributed by atoms with Gasteiger partial charge in [0.15, 0.2) is 0 Å². The van der Waals surface area contributed by atoms with Gasteiger partial charge in [0.25, 0.3) is 0 Å². The van der Waals surface area contributed by atoms with Crippen molar-refractivity contribution < 1.29 is 0 Å². The minimum atomic E-state index is 0.954. The molecule has 0 aliphatic rings. The van der Waals surface area contributed by atoms with Crippen LogP contribution in [0.25, 0.3) is 0 Å². The summed E-state index contributed by atoms with van der Waals surface area (Å²) in [6, 6.07) is 20.7. The molecule has 0 saturated heterocycles. The van der Waals surface area contributed by atoms with Gasteiger partial charge in [-0.1, -0.05) is 46.3 Å². The van der Waals surface area contributed by atoms with Crippen LogP contribution in [0.5, 0.6) is 0 Å². The Morgan fingerprint density at radius 1 is 0.864 bits per heavy atom. The molecule has 0 fully saturated rings. The van der Waals surface area contributed by atoms with Gasteiger partial charge in [-0.25, -0.2) is 4.98 Å². The molecule has 110 valence electrons. The van der Waals surface area contributed by atoms with E-state index in [9.17, 15) is 0 Å². The number of halogens is 1. The van der Waals surface area contributed by atoms with E-state index in [0.717, 1.165) is 27.2 Å². The van der Waals surface area contributed by atoms with Gasteiger partial charge in [0.1, 0.15) is 5.82 Å². The van der Waals surface area contributed by atoms with Crippen LogP contribution in [0.3, 0.4) is 0 Å². The first-order chi connectivity index (χ1) is 10.7. The number of pyridine rings is 1. The maximum absolute atomic E-state index is 4.61. The highest BCUT2D eigenvalue weighted by molar-refractivity contribution is 9.10. The van der Waals surface area contributed by atoms with Crippen LogP contribution in [0.4, 0.5) is 17.2 Å². The second-order valence-electron chi connectivity index (χ2n) is 5.25. The average Bonchev–Trinajstić information content (AvgIpc) is 2.51. The van der Waals surface area contributed by atoms with Gasteiger partial charge in [0.2, 0.25) is 0 Å². The first-order valence-corrected chi connectivity index (χ1v) is 7.99. The molecule has 3 rings (SSSR count). The molecule has 2 aromatic carbocycles. The summed E-state index contributed by atoms with van der Waals surface area (Å²) in [6.45, 7) is 4.21. The van der Waals surface area contributed by atoms with Crippen LogP contribution in [-0.2, 0) is 0 Å². The second kappa shape index (κ2) is 6.32. The van der Waals surface area contributed by atoms with Gasteiger partial charge in [-0.05, 0) is 55.3 Å². The lowest BCUT2D eigenvalue weighted by Gasteiger charge is -2.27. The Morgan fingerprint density at radius 3 is 2.36 bits per heavy atom. The van der Waals surface area contributed by atoms with E-state index in [1.54, 1.807) is 0 Å². The molecular formula is C19H17BrN2. The first kappa shape index (κ1) is 14.8. The highest BCUT2D eigenvalue weighted by atomic mass is 79.9. The van der Waals surface area contributed by atoms with Gasteiger partial charge < -0.3 is 0 Å². The smallest absolute Gasteiger partial charge is 0.140 e. The van der Waals surface area contributed by atoms with Gasteiger partial charge in [0, 0.05) is 16.4 Å². The molecule has 3 aromatic rings. The van der Waals surface area contributed by atoms with Gasteiger partial charge in [-0.3, -0.25) is 4.90 Å². The predicted molar refractivity (Wildman–Crippen MR) is 96.1 cm³/mol. The summed E-state index contributed by atoms with van der Waals surface area (Å²) in [7, 11) is 0. The molecule has 22 heavy (non-hydrogen) atoms. The highest BCUT2D eigenvalue weighted by Gasteiger charge is 2.17. The molecule has 0 saturated carbocycles. The maximum atomic E-state index is 4.61. The third-order valence-electron chi connectivity index (χ3n) is 3.62. The lowest BCUT2D eigenvalue weighted by molar-refractivity contribution is 1.14. The first-order valence-electron chi connectivity index (χ1n) is 7.20. The number of nitrogens with zero attached hydrogens (tertiary/aromatic N) is 2. The van der Waals surface area contributed by atoms with Gasteiger partial charge in [0.05, 0.1) is 5.69 Å². The molecule has 0 amide bonds. The Morgan fingerprint density at radius 2 is 1.64 bits per heavy atom. The standard InChI is InChI=1S/C19H17BrN2/c1-14-7-3-4-11-18(14)22(17-10-5-9-16(20)13-17)19-15(2)8-6-12-21-19/h3-13H,1-2H3. The molecular weight excluding hydrogens is 336 g/mol. The lowest BCUT2D eigenvalue weighted by atomic mass is 10.1. The molecule has 0 bridgehead atoms. The maximum Gasteiger partial charge on any atom is 0.140 e. The summed E-state index contributed by atoms with van der Waals surface area (Å²) in [5.74, 6) is 0.954. The van der Waals surface area contributed by atoms with Crippen LogP contribution in [0.15, 0.2) is 71.3 Å². The van der Waals surface area contributed by atoms with E-state index in [1.807, 2.05) is 24.4 Å². The third kappa shape index (κ3) is 2.90. The van der Waals surface area contributed by atoms with Crippen molar-refractivity contribution in [1.82, 2.24) is 4.98 Å². The Labute approximate surface area is 139 Å². The zero-order chi connectivity index (χ0) is 15.5. The quantitative estimate of drug-likeness (QED) is 0.580. The van der Waals surface area contributed by atoms with Gasteiger partial charge >= 0.3 is 0 Å². The van der Waals surface area contributed by atoms with Crippen LogP contribution in [0, 0.1) is 13.8 Å². The predicted octanol–water partition coefficient (Wildman–Crippen LogP) is 5.93. The largest absolute Gasteiger partial charge is 0.295 e. The van der Waals surface area contributed by atoms with Crippen molar-refractivity contribution in [2.75, 3.05) is 4.90 Å². The fraction of sp³-hybridized carbons (Fsp3) is 0.105. The number of anilines is 3. The zero-order valence-electron chi connectivity index (χ0n) is 12.6. The second-order valence-corrected chi connectivity index (χ2v) is 6.16. The molecule has 0 radical (unpaired) electrons. The SMILES string of the molecule is Cc1ccccc1N(c1cccc(Br)c1)c1ncccc1C. The number of aromatic nitrogens is 1. The summed E-state index contributed by atoms with van der Waals surface area (Å²) in [5, 5.41) is 0. The molecule has 1 heterocycles. The van der Waals surface area contributed by atoms with Crippen molar-refractivity contribution >= 4 is 33.1 Å². The molecule has 0 aliphatic heterocycles. The monoisotopic (exact) mass is 352 g/mol. The van der Waals surface area contributed by atoms with Crippen LogP contribution >= 0.6 is 15.9 Å². The van der Waals surface area contributed by atoms with Crippen molar-refractivity contribution in [3.8, 4) is 0 Å². The molecule has 0 unspecified atom stereocenters. The molecule has 3 heteroatoms. The van der Waals surface area contributed by atoms with Gasteiger partial charge in [-0.2, -0.15) is 0 Å². The Balaban J connectivity index is 2.24. The number of aryl methyl sites for hydroxylation is 2. The minimum absolute atomic E-state index is 0.954. The molecule has 0 N–H and O–H groups in total. The summed E-state index contributed by atoms with van der Waals surface area (Å²) < 4.78 is 1.05. The fourth-order valence-corrected chi connectivity index (χ4v) is 2.90. The summed E-state index contributed by atoms with van der Waals surface area (Å²) in [5.41, 5.74) is 4.59. The number of hydrogen-bond donors (Lipinski definition) is 0. The van der Waals surface area contributed by atoms with Crippen LogP contribution in [0.1, 0.15) is 11.1 Å². The van der Waals surface area contributed by atoms with Crippen molar-refractivity contribution in [1.29, 1.82) is 0 Å². The van der Waals surface area contributed by atoms with E-state index in [0.29, 0.717) is 0 Å². The van der Waals surface area contributed by atoms with Crippen molar-refractivity contribution in [3.63, 3.8) is 0 Å². The highest BCUT2D eigenvalue weighted by Crippen LogP contribution is 2.37. The Bertz CT molecular complexity index is 753. The minimum Gasteiger partial charge on any atom is -0.295 e. The molecule has 0 atom stereocenters. The molecule has 2 nitrogen and oxygen atoms in total. The van der Waals surface area contributed by atoms with Crippen molar-refractivity contribution in [2.24, 2.45) is 0 Å². The number of para-hydroxylation sites is 1. The summed E-state index contributed by atoms with van der Waals surface area (Å²) >= 11 is 3.57. The van der Waals surface area contributed by atoms with Crippen LogP contribution in [0.2, 0.25) is 0 Å². The van der Waals surface area contributed by atoms with Crippen molar-refractivity contribution in [2.45, 2.75) is 13.8 Å². The van der Waals surface area contributed by atoms with E-state index in [4.69, 9.17) is 0 Å². The Hall–Kier alpha value is -2.13. The van der Waals surface area contributed by atoms with E-state index >= 15 is 0 Å². The van der Waals surface area contributed by atoms with E-state index in [-0.39, 0.29) is 0 Å². The lowest BCUT2D eigenvalue weighted by Crippen LogP contribution is -2.14. The number of hydrogen-bond acceptors (Lipinski definition) is 2. The molecule has 0 aliphatic carbocycles. The van der Waals surface area contributed by atoms with E-state index in [1.165, 1.54) is 5.56 Å². The normalized spacial score (nSPS) is 10.5. The van der Waals surface area contributed by atoms with E-state index in [2.05, 4.69) is 82.1 Å².